The molecule has 2 aromatic carbocycles. The molecule has 1 heterocycles. The third kappa shape index (κ3) is 4.18. The Morgan fingerprint density at radius 3 is 2.39 bits per heavy atom. The molecule has 0 bridgehead atoms. The number of nitrogens with one attached hydrogen (secondary N) is 1. The molecule has 23 heavy (non-hydrogen) atoms. The van der Waals surface area contributed by atoms with E-state index in [4.69, 9.17) is 0 Å². The van der Waals surface area contributed by atoms with Gasteiger partial charge in [-0.05, 0) is 19.1 Å². The van der Waals surface area contributed by atoms with Crippen molar-refractivity contribution in [2.45, 2.75) is 16.5 Å². The Morgan fingerprint density at radius 1 is 1.04 bits per heavy atom. The molecule has 0 spiro atoms. The molecule has 3 aromatic rings. The highest BCUT2D eigenvalue weighted by atomic mass is 32.2. The van der Waals surface area contributed by atoms with Gasteiger partial charge in [-0.25, -0.2) is 0 Å². The lowest BCUT2D eigenvalue weighted by atomic mass is 10.1. The van der Waals surface area contributed by atoms with E-state index in [2.05, 4.69) is 15.5 Å². The molecule has 6 heteroatoms. The molecule has 0 saturated heterocycles. The molecule has 3 rings (SSSR count). The van der Waals surface area contributed by atoms with Crippen molar-refractivity contribution in [3.05, 3.63) is 66.2 Å². The van der Waals surface area contributed by atoms with Crippen LogP contribution in [0, 0.1) is 0 Å². The minimum absolute atomic E-state index is 0.100. The van der Waals surface area contributed by atoms with Crippen LogP contribution in [0.2, 0.25) is 0 Å². The van der Waals surface area contributed by atoms with Gasteiger partial charge in [0.15, 0.2) is 10.1 Å². The van der Waals surface area contributed by atoms with Crippen molar-refractivity contribution in [2.75, 3.05) is 5.32 Å². The van der Waals surface area contributed by atoms with Crippen molar-refractivity contribution in [1.29, 1.82) is 0 Å². The van der Waals surface area contributed by atoms with Crippen molar-refractivity contribution in [3.63, 3.8) is 0 Å². The number of rotatable bonds is 6. The lowest BCUT2D eigenvalue weighted by Gasteiger charge is -2.07. The van der Waals surface area contributed by atoms with E-state index >= 15 is 0 Å². The summed E-state index contributed by atoms with van der Waals surface area (Å²) < 4.78 is 0.778. The van der Waals surface area contributed by atoms with E-state index in [0.717, 1.165) is 20.7 Å². The standard InChI is InChI=1S/C17H15N3OS2/c1-12(15(21)13-8-4-2-5-9-13)22-17-20-19-16(23-17)18-14-10-6-3-7-11-14/h2-12H,1H3,(H,18,19). The summed E-state index contributed by atoms with van der Waals surface area (Å²) in [5.74, 6) is 0.100. The quantitative estimate of drug-likeness (QED) is 0.522. The minimum Gasteiger partial charge on any atom is -0.330 e. The van der Waals surface area contributed by atoms with E-state index in [1.54, 1.807) is 0 Å². The van der Waals surface area contributed by atoms with Crippen LogP contribution in [-0.4, -0.2) is 21.2 Å². The van der Waals surface area contributed by atoms with Crippen molar-refractivity contribution in [1.82, 2.24) is 10.2 Å². The molecule has 0 aliphatic carbocycles. The summed E-state index contributed by atoms with van der Waals surface area (Å²) in [6.07, 6.45) is 0. The zero-order valence-corrected chi connectivity index (χ0v) is 14.1. The largest absolute Gasteiger partial charge is 0.330 e. The van der Waals surface area contributed by atoms with Crippen LogP contribution in [-0.2, 0) is 0 Å². The number of nitrogens with zero attached hydrogens (tertiary/aromatic N) is 2. The summed E-state index contributed by atoms with van der Waals surface area (Å²) in [4.78, 5) is 12.4. The van der Waals surface area contributed by atoms with E-state index in [0.29, 0.717) is 0 Å². The number of hydrogen-bond donors (Lipinski definition) is 1. The summed E-state index contributed by atoms with van der Waals surface area (Å²) in [5.41, 5.74) is 1.69. The average Bonchev–Trinajstić information content (AvgIpc) is 3.02. The Hall–Kier alpha value is -2.18. The van der Waals surface area contributed by atoms with E-state index in [1.807, 2.05) is 67.6 Å². The first-order valence-electron chi connectivity index (χ1n) is 7.14. The maximum Gasteiger partial charge on any atom is 0.210 e. The van der Waals surface area contributed by atoms with Gasteiger partial charge in [-0.2, -0.15) is 0 Å². The van der Waals surface area contributed by atoms with Crippen LogP contribution in [0.25, 0.3) is 0 Å². The Bertz CT molecular complexity index is 775. The number of aromatic nitrogens is 2. The fourth-order valence-electron chi connectivity index (χ4n) is 1.99. The number of benzene rings is 2. The molecule has 1 N–H and O–H groups in total. The number of carbonyl (C=O) groups excluding carboxylic acids is 1. The van der Waals surface area contributed by atoms with Crippen LogP contribution in [0.5, 0.6) is 0 Å². The predicted octanol–water partition coefficient (Wildman–Crippen LogP) is 4.65. The molecule has 1 atom stereocenters. The molecule has 116 valence electrons. The summed E-state index contributed by atoms with van der Waals surface area (Å²) in [6.45, 7) is 1.89. The average molecular weight is 341 g/mol. The molecular weight excluding hydrogens is 326 g/mol. The van der Waals surface area contributed by atoms with Gasteiger partial charge in [0.1, 0.15) is 0 Å². The van der Waals surface area contributed by atoms with Gasteiger partial charge in [-0.3, -0.25) is 4.79 Å². The molecule has 0 aliphatic rings. The van der Waals surface area contributed by atoms with Gasteiger partial charge in [0.05, 0.1) is 5.25 Å². The Kier molecular flexibility index (Phi) is 5.05. The van der Waals surface area contributed by atoms with Gasteiger partial charge in [0.2, 0.25) is 5.13 Å². The molecular formula is C17H15N3OS2. The third-order valence-corrected chi connectivity index (χ3v) is 5.16. The van der Waals surface area contributed by atoms with Crippen LogP contribution < -0.4 is 5.32 Å². The van der Waals surface area contributed by atoms with E-state index in [-0.39, 0.29) is 11.0 Å². The van der Waals surface area contributed by atoms with Gasteiger partial charge < -0.3 is 5.32 Å². The molecule has 0 radical (unpaired) electrons. The monoisotopic (exact) mass is 341 g/mol. The summed E-state index contributed by atoms with van der Waals surface area (Å²) in [6, 6.07) is 19.1. The van der Waals surface area contributed by atoms with Gasteiger partial charge >= 0.3 is 0 Å². The highest BCUT2D eigenvalue weighted by molar-refractivity contribution is 8.02. The number of thioether (sulfide) groups is 1. The molecule has 4 nitrogen and oxygen atoms in total. The normalized spacial score (nSPS) is 11.9. The van der Waals surface area contributed by atoms with Gasteiger partial charge in [0.25, 0.3) is 0 Å². The lowest BCUT2D eigenvalue weighted by Crippen LogP contribution is -2.13. The first-order valence-corrected chi connectivity index (χ1v) is 8.83. The van der Waals surface area contributed by atoms with Crippen LogP contribution >= 0.6 is 23.1 Å². The molecule has 1 unspecified atom stereocenters. The van der Waals surface area contributed by atoms with Crippen LogP contribution in [0.15, 0.2) is 65.0 Å². The summed E-state index contributed by atoms with van der Waals surface area (Å²) in [7, 11) is 0. The number of hydrogen-bond acceptors (Lipinski definition) is 6. The topological polar surface area (TPSA) is 54.9 Å². The number of anilines is 2. The fraction of sp³-hybridized carbons (Fsp3) is 0.118. The fourth-order valence-corrected chi connectivity index (χ4v) is 3.99. The minimum atomic E-state index is -0.199. The van der Waals surface area contributed by atoms with Crippen molar-refractivity contribution in [3.8, 4) is 0 Å². The van der Waals surface area contributed by atoms with Gasteiger partial charge in [0, 0.05) is 11.3 Å². The first-order chi connectivity index (χ1) is 11.2. The Morgan fingerprint density at radius 2 is 1.70 bits per heavy atom. The number of ketones is 1. The summed E-state index contributed by atoms with van der Waals surface area (Å²) >= 11 is 2.88. The zero-order valence-electron chi connectivity index (χ0n) is 12.5. The van der Waals surface area contributed by atoms with Crippen LogP contribution in [0.1, 0.15) is 17.3 Å². The highest BCUT2D eigenvalue weighted by Gasteiger charge is 2.18. The molecule has 0 amide bonds. The smallest absolute Gasteiger partial charge is 0.210 e. The maximum absolute atomic E-state index is 12.4. The van der Waals surface area contributed by atoms with Crippen molar-refractivity contribution in [2.24, 2.45) is 0 Å². The number of carbonyl (C=O) groups is 1. The van der Waals surface area contributed by atoms with E-state index in [1.165, 1.54) is 23.1 Å². The van der Waals surface area contributed by atoms with Crippen molar-refractivity contribution < 1.29 is 4.79 Å². The predicted molar refractivity (Wildman–Crippen MR) is 95.7 cm³/mol. The highest BCUT2D eigenvalue weighted by Crippen LogP contribution is 2.31. The second-order valence-electron chi connectivity index (χ2n) is 4.85. The second kappa shape index (κ2) is 7.39. The van der Waals surface area contributed by atoms with Gasteiger partial charge in [-0.1, -0.05) is 71.6 Å². The van der Waals surface area contributed by atoms with E-state index in [9.17, 15) is 4.79 Å². The molecule has 0 fully saturated rings. The zero-order chi connectivity index (χ0) is 16.1. The third-order valence-electron chi connectivity index (χ3n) is 3.14. The van der Waals surface area contributed by atoms with Crippen LogP contribution in [0.4, 0.5) is 10.8 Å². The van der Waals surface area contributed by atoms with Crippen molar-refractivity contribution >= 4 is 39.7 Å². The lowest BCUT2D eigenvalue weighted by molar-refractivity contribution is 0.0994. The molecule has 0 aliphatic heterocycles. The maximum atomic E-state index is 12.4. The molecule has 0 saturated carbocycles. The van der Waals surface area contributed by atoms with Gasteiger partial charge in [-0.15, -0.1) is 10.2 Å². The first kappa shape index (κ1) is 15.7. The Balaban J connectivity index is 1.63. The van der Waals surface area contributed by atoms with Crippen LogP contribution in [0.3, 0.4) is 0 Å². The molecule has 1 aromatic heterocycles. The number of para-hydroxylation sites is 1. The second-order valence-corrected chi connectivity index (χ2v) is 7.42. The Labute approximate surface area is 143 Å². The number of Topliss-reactive ketones (excluding diaryl/α,β-unsaturated/α-hetero) is 1. The summed E-state index contributed by atoms with van der Waals surface area (Å²) in [5, 5.41) is 12.0. The van der Waals surface area contributed by atoms with E-state index < -0.39 is 0 Å². The SMILES string of the molecule is CC(Sc1nnc(Nc2ccccc2)s1)C(=O)c1ccccc1.